The molecular weight excluding hydrogens is 346 g/mol. The third-order valence-electron chi connectivity index (χ3n) is 6.07. The van der Waals surface area contributed by atoms with E-state index in [1.165, 1.54) is 27.6 Å². The molecule has 3 heterocycles. The number of nitrogens with zero attached hydrogens (tertiary/aromatic N) is 4. The first-order chi connectivity index (χ1) is 13.8. The van der Waals surface area contributed by atoms with Crippen LogP contribution in [-0.2, 0) is 19.4 Å². The molecule has 0 fully saturated rings. The molecule has 0 saturated carbocycles. The number of aryl methyl sites for hydroxylation is 1. The Hall–Kier alpha value is -3.52. The van der Waals surface area contributed by atoms with Gasteiger partial charge in [-0.15, -0.1) is 0 Å². The summed E-state index contributed by atoms with van der Waals surface area (Å²) < 4.78 is 0. The van der Waals surface area contributed by atoms with Crippen LogP contribution < -0.4 is 0 Å². The maximum absolute atomic E-state index is 9.55. The first-order valence-electron chi connectivity index (χ1n) is 9.62. The molecule has 1 unspecified atom stereocenters. The summed E-state index contributed by atoms with van der Waals surface area (Å²) in [5, 5.41) is 19.2. The Labute approximate surface area is 161 Å². The number of benzene rings is 2. The molecule has 0 saturated heterocycles. The molecule has 28 heavy (non-hydrogen) atoms. The van der Waals surface area contributed by atoms with E-state index in [0.717, 1.165) is 53.5 Å². The topological polar surface area (TPSA) is 77.7 Å². The number of aliphatic imine (C=N–C) groups is 1. The minimum Gasteiger partial charge on any atom is -0.288 e. The van der Waals surface area contributed by atoms with E-state index in [-0.39, 0.29) is 5.92 Å². The van der Waals surface area contributed by atoms with Gasteiger partial charge in [-0.1, -0.05) is 12.1 Å². The molecule has 2 aromatic carbocycles. The second kappa shape index (κ2) is 5.74. The van der Waals surface area contributed by atoms with E-state index >= 15 is 0 Å². The fraction of sp³-hybridized carbons (Fsp3) is 0.217. The van der Waals surface area contributed by atoms with E-state index in [4.69, 9.17) is 4.98 Å². The lowest BCUT2D eigenvalue weighted by atomic mass is 9.80. The predicted molar refractivity (Wildman–Crippen MR) is 109 cm³/mol. The fourth-order valence-electron chi connectivity index (χ4n) is 4.66. The molecule has 5 heteroatoms. The van der Waals surface area contributed by atoms with Gasteiger partial charge in [0.05, 0.1) is 41.5 Å². The summed E-state index contributed by atoms with van der Waals surface area (Å²) in [5.74, 6) is 0.0463. The van der Waals surface area contributed by atoms with Crippen molar-refractivity contribution in [3.05, 3.63) is 58.8 Å². The van der Waals surface area contributed by atoms with Crippen LogP contribution in [-0.4, -0.2) is 21.4 Å². The molecule has 6 rings (SSSR count). The van der Waals surface area contributed by atoms with Crippen molar-refractivity contribution in [2.75, 3.05) is 0 Å². The van der Waals surface area contributed by atoms with E-state index in [1.54, 1.807) is 0 Å². The van der Waals surface area contributed by atoms with Gasteiger partial charge in [0.2, 0.25) is 0 Å². The summed E-state index contributed by atoms with van der Waals surface area (Å²) in [6.07, 6.45) is 6.38. The normalized spacial score (nSPS) is 17.6. The van der Waals surface area contributed by atoms with Gasteiger partial charge in [-0.2, -0.15) is 10.4 Å². The van der Waals surface area contributed by atoms with Crippen LogP contribution in [0, 0.1) is 17.2 Å². The second-order valence-corrected chi connectivity index (χ2v) is 7.66. The molecule has 2 aliphatic rings. The predicted octanol–water partition coefficient (Wildman–Crippen LogP) is 4.34. The average Bonchev–Trinajstić information content (AvgIpc) is 3.40. The SMILES string of the molecule is N#CC1CCc2c(c(-c3ccc4c(c3)C=NC4)nc3ccc4[nH]ncc4c23)C1. The van der Waals surface area contributed by atoms with E-state index in [2.05, 4.69) is 45.5 Å². The van der Waals surface area contributed by atoms with Crippen molar-refractivity contribution in [1.82, 2.24) is 15.2 Å². The van der Waals surface area contributed by atoms with Crippen LogP contribution in [0.15, 0.2) is 41.5 Å². The number of nitrogens with one attached hydrogen (secondary N) is 1. The molecule has 134 valence electrons. The molecule has 0 bridgehead atoms. The second-order valence-electron chi connectivity index (χ2n) is 7.66. The lowest BCUT2D eigenvalue weighted by Gasteiger charge is -2.24. The smallest absolute Gasteiger partial charge is 0.0745 e. The van der Waals surface area contributed by atoms with Crippen molar-refractivity contribution in [2.24, 2.45) is 10.9 Å². The number of rotatable bonds is 1. The summed E-state index contributed by atoms with van der Waals surface area (Å²) in [7, 11) is 0. The maximum Gasteiger partial charge on any atom is 0.0745 e. The van der Waals surface area contributed by atoms with Crippen LogP contribution in [0.3, 0.4) is 0 Å². The van der Waals surface area contributed by atoms with Crippen molar-refractivity contribution in [3.8, 4) is 17.3 Å². The highest BCUT2D eigenvalue weighted by Crippen LogP contribution is 2.39. The molecule has 4 aromatic rings. The highest BCUT2D eigenvalue weighted by molar-refractivity contribution is 6.07. The van der Waals surface area contributed by atoms with Gasteiger partial charge in [0.15, 0.2) is 0 Å². The Bertz CT molecular complexity index is 1340. The van der Waals surface area contributed by atoms with Crippen LogP contribution in [0.2, 0.25) is 0 Å². The molecule has 1 aliphatic heterocycles. The van der Waals surface area contributed by atoms with Gasteiger partial charge in [0.25, 0.3) is 0 Å². The van der Waals surface area contributed by atoms with Crippen LogP contribution >= 0.6 is 0 Å². The average molecular weight is 363 g/mol. The molecule has 0 spiro atoms. The number of pyridine rings is 1. The van der Waals surface area contributed by atoms with E-state index in [0.29, 0.717) is 0 Å². The first kappa shape index (κ1) is 15.5. The van der Waals surface area contributed by atoms with Gasteiger partial charge in [0, 0.05) is 22.6 Å². The highest BCUT2D eigenvalue weighted by atomic mass is 15.1. The lowest BCUT2D eigenvalue weighted by molar-refractivity contribution is 0.567. The van der Waals surface area contributed by atoms with Crippen molar-refractivity contribution in [3.63, 3.8) is 0 Å². The van der Waals surface area contributed by atoms with Crippen LogP contribution in [0.1, 0.15) is 28.7 Å². The summed E-state index contributed by atoms with van der Waals surface area (Å²) in [6.45, 7) is 0.758. The number of nitriles is 1. The summed E-state index contributed by atoms with van der Waals surface area (Å²) in [4.78, 5) is 9.47. The number of hydrogen-bond donors (Lipinski definition) is 1. The summed E-state index contributed by atoms with van der Waals surface area (Å²) in [5.41, 5.74) is 9.11. The Morgan fingerprint density at radius 2 is 2.11 bits per heavy atom. The summed E-state index contributed by atoms with van der Waals surface area (Å²) in [6, 6.07) is 13.1. The van der Waals surface area contributed by atoms with Gasteiger partial charge in [-0.3, -0.25) is 10.1 Å². The number of fused-ring (bicyclic) bond motifs is 6. The van der Waals surface area contributed by atoms with Gasteiger partial charge in [-0.05, 0) is 59.7 Å². The van der Waals surface area contributed by atoms with Crippen LogP contribution in [0.25, 0.3) is 33.1 Å². The third kappa shape index (κ3) is 2.15. The van der Waals surface area contributed by atoms with E-state index < -0.39 is 0 Å². The largest absolute Gasteiger partial charge is 0.288 e. The molecular formula is C23H17N5. The number of aromatic amines is 1. The monoisotopic (exact) mass is 363 g/mol. The quantitative estimate of drug-likeness (QED) is 0.546. The standard InChI is InChI=1S/C23H17N5/c24-9-13-1-4-17-18(7-13)23(14-2-3-15-10-25-11-16(15)8-14)27-21-6-5-20-19(22(17)21)12-26-28-20/h2-3,5-6,8,11-13H,1,4,7,10H2,(H,26,28). The zero-order valence-corrected chi connectivity index (χ0v) is 15.2. The number of hydrogen-bond acceptors (Lipinski definition) is 4. The minimum absolute atomic E-state index is 0.0463. The Balaban J connectivity index is 1.68. The maximum atomic E-state index is 9.55. The van der Waals surface area contributed by atoms with Crippen molar-refractivity contribution < 1.29 is 0 Å². The minimum atomic E-state index is 0.0463. The van der Waals surface area contributed by atoms with Crippen molar-refractivity contribution >= 4 is 28.0 Å². The van der Waals surface area contributed by atoms with Gasteiger partial charge < -0.3 is 0 Å². The van der Waals surface area contributed by atoms with E-state index in [9.17, 15) is 5.26 Å². The molecule has 1 N–H and O–H groups in total. The zero-order chi connectivity index (χ0) is 18.7. The van der Waals surface area contributed by atoms with Gasteiger partial charge in [-0.25, -0.2) is 4.98 Å². The number of H-pyrrole nitrogens is 1. The first-order valence-corrected chi connectivity index (χ1v) is 9.62. The lowest BCUT2D eigenvalue weighted by Crippen LogP contribution is -2.15. The Morgan fingerprint density at radius 3 is 3.04 bits per heavy atom. The molecule has 1 aliphatic carbocycles. The van der Waals surface area contributed by atoms with Gasteiger partial charge in [0.1, 0.15) is 0 Å². The highest BCUT2D eigenvalue weighted by Gasteiger charge is 2.26. The van der Waals surface area contributed by atoms with Crippen LogP contribution in [0.4, 0.5) is 0 Å². The van der Waals surface area contributed by atoms with Crippen molar-refractivity contribution in [1.29, 1.82) is 5.26 Å². The fourth-order valence-corrected chi connectivity index (χ4v) is 4.66. The number of aromatic nitrogens is 3. The summed E-state index contributed by atoms with van der Waals surface area (Å²) >= 11 is 0. The molecule has 0 radical (unpaired) electrons. The Morgan fingerprint density at radius 1 is 1.14 bits per heavy atom. The van der Waals surface area contributed by atoms with Gasteiger partial charge >= 0.3 is 0 Å². The molecule has 5 nitrogen and oxygen atoms in total. The molecule has 2 aromatic heterocycles. The van der Waals surface area contributed by atoms with Crippen molar-refractivity contribution in [2.45, 2.75) is 25.8 Å². The zero-order valence-electron chi connectivity index (χ0n) is 15.2. The Kier molecular flexibility index (Phi) is 3.18. The third-order valence-corrected chi connectivity index (χ3v) is 6.07. The van der Waals surface area contributed by atoms with E-state index in [1.807, 2.05) is 18.5 Å². The molecule has 0 amide bonds. The molecule has 1 atom stereocenters. The van der Waals surface area contributed by atoms with Crippen LogP contribution in [0.5, 0.6) is 0 Å².